The molecule has 1 unspecified atom stereocenters. The Hall–Kier alpha value is -1.26. The topological polar surface area (TPSA) is 24.9 Å². The predicted octanol–water partition coefficient (Wildman–Crippen LogP) is 4.47. The van der Waals surface area contributed by atoms with E-state index >= 15 is 0 Å². The summed E-state index contributed by atoms with van der Waals surface area (Å²) in [5.41, 5.74) is 1.85. The van der Waals surface area contributed by atoms with Crippen LogP contribution >= 0.6 is 11.3 Å². The zero-order chi connectivity index (χ0) is 15.5. The number of nitrogens with zero attached hydrogens (tertiary/aromatic N) is 1. The average molecular weight is 306 g/mol. The van der Waals surface area contributed by atoms with Crippen molar-refractivity contribution in [3.8, 4) is 0 Å². The van der Waals surface area contributed by atoms with E-state index in [1.807, 2.05) is 6.07 Å². The Kier molecular flexibility index (Phi) is 5.12. The molecule has 2 rings (SSSR count). The molecule has 21 heavy (non-hydrogen) atoms. The molecule has 0 radical (unpaired) electrons. The van der Waals surface area contributed by atoms with Crippen LogP contribution < -0.4 is 5.32 Å². The van der Waals surface area contributed by atoms with E-state index in [1.54, 1.807) is 23.5 Å². The Morgan fingerprint density at radius 2 is 2.14 bits per heavy atom. The molecular formula is C17H23FN2S. The summed E-state index contributed by atoms with van der Waals surface area (Å²) in [4.78, 5) is 4.78. The zero-order valence-electron chi connectivity index (χ0n) is 13.1. The van der Waals surface area contributed by atoms with E-state index in [1.165, 1.54) is 6.07 Å². The number of hydrogen-bond donors (Lipinski definition) is 1. The maximum Gasteiger partial charge on any atom is 0.123 e. The fourth-order valence-corrected chi connectivity index (χ4v) is 3.58. The summed E-state index contributed by atoms with van der Waals surface area (Å²) < 4.78 is 13.4. The Morgan fingerprint density at radius 3 is 2.71 bits per heavy atom. The molecule has 0 aliphatic carbocycles. The maximum atomic E-state index is 13.4. The highest BCUT2D eigenvalue weighted by Crippen LogP contribution is 2.30. The van der Waals surface area contributed by atoms with Crippen LogP contribution in [0, 0.1) is 5.82 Å². The molecule has 0 aliphatic heterocycles. The van der Waals surface area contributed by atoms with E-state index in [2.05, 4.69) is 38.4 Å². The van der Waals surface area contributed by atoms with Crippen LogP contribution in [0.5, 0.6) is 0 Å². The third-order valence-electron chi connectivity index (χ3n) is 3.60. The first kappa shape index (κ1) is 16.1. The molecule has 2 aromatic rings. The summed E-state index contributed by atoms with van der Waals surface area (Å²) >= 11 is 1.68. The molecule has 1 aromatic carbocycles. The van der Waals surface area contributed by atoms with Crippen LogP contribution in [0.2, 0.25) is 0 Å². The third-order valence-corrected chi connectivity index (χ3v) is 4.72. The normalized spacial score (nSPS) is 14.4. The fourth-order valence-electron chi connectivity index (χ4n) is 2.46. The minimum atomic E-state index is -0.264. The molecule has 0 aliphatic rings. The van der Waals surface area contributed by atoms with E-state index in [4.69, 9.17) is 4.98 Å². The standard InChI is InChI=1S/C17H23FN2S/c1-5-19-17(4,10-13-7-6-8-14(18)9-13)16-20-15(11-21-16)12(2)3/h6-9,11-12,19H,5,10H2,1-4H3. The molecule has 0 fully saturated rings. The van der Waals surface area contributed by atoms with Crippen LogP contribution in [0.25, 0.3) is 0 Å². The second kappa shape index (κ2) is 6.67. The van der Waals surface area contributed by atoms with Crippen molar-refractivity contribution < 1.29 is 4.39 Å². The van der Waals surface area contributed by atoms with E-state index < -0.39 is 0 Å². The lowest BCUT2D eigenvalue weighted by atomic mass is 9.93. The molecule has 0 spiro atoms. The first-order valence-electron chi connectivity index (χ1n) is 7.40. The Balaban J connectivity index is 2.30. The van der Waals surface area contributed by atoms with Crippen LogP contribution in [0.4, 0.5) is 4.39 Å². The molecule has 0 saturated heterocycles. The number of thiazole rings is 1. The SMILES string of the molecule is CCNC(C)(Cc1cccc(F)c1)c1nc(C(C)C)cs1. The quantitative estimate of drug-likeness (QED) is 0.851. The summed E-state index contributed by atoms with van der Waals surface area (Å²) in [6.45, 7) is 9.37. The van der Waals surface area contributed by atoms with Gasteiger partial charge in [0.1, 0.15) is 10.8 Å². The van der Waals surface area contributed by atoms with Crippen LogP contribution in [0.3, 0.4) is 0 Å². The summed E-state index contributed by atoms with van der Waals surface area (Å²) in [7, 11) is 0. The molecule has 0 bridgehead atoms. The van der Waals surface area contributed by atoms with Crippen molar-refractivity contribution in [1.29, 1.82) is 0 Å². The highest BCUT2D eigenvalue weighted by molar-refractivity contribution is 7.09. The van der Waals surface area contributed by atoms with Crippen molar-refractivity contribution in [2.24, 2.45) is 0 Å². The lowest BCUT2D eigenvalue weighted by molar-refractivity contribution is 0.370. The van der Waals surface area contributed by atoms with Gasteiger partial charge in [0, 0.05) is 5.38 Å². The largest absolute Gasteiger partial charge is 0.306 e. The fraction of sp³-hybridized carbons (Fsp3) is 0.471. The highest BCUT2D eigenvalue weighted by atomic mass is 32.1. The Morgan fingerprint density at radius 1 is 1.38 bits per heavy atom. The van der Waals surface area contributed by atoms with Gasteiger partial charge in [0.2, 0.25) is 0 Å². The van der Waals surface area contributed by atoms with Crippen molar-refractivity contribution in [2.75, 3.05) is 6.54 Å². The predicted molar refractivity (Wildman–Crippen MR) is 87.3 cm³/mol. The smallest absolute Gasteiger partial charge is 0.123 e. The van der Waals surface area contributed by atoms with Gasteiger partial charge in [-0.1, -0.05) is 32.9 Å². The molecule has 4 heteroatoms. The summed E-state index contributed by atoms with van der Waals surface area (Å²) in [6.07, 6.45) is 0.726. The van der Waals surface area contributed by atoms with Crippen LogP contribution in [0.1, 0.15) is 49.9 Å². The van der Waals surface area contributed by atoms with Gasteiger partial charge in [-0.3, -0.25) is 0 Å². The highest BCUT2D eigenvalue weighted by Gasteiger charge is 2.29. The molecule has 1 N–H and O–H groups in total. The summed E-state index contributed by atoms with van der Waals surface area (Å²) in [6, 6.07) is 6.81. The third kappa shape index (κ3) is 3.89. The maximum absolute atomic E-state index is 13.4. The first-order valence-corrected chi connectivity index (χ1v) is 8.28. The van der Waals surface area contributed by atoms with Gasteiger partial charge < -0.3 is 5.32 Å². The molecule has 0 saturated carbocycles. The molecule has 1 heterocycles. The van der Waals surface area contributed by atoms with Gasteiger partial charge in [0.15, 0.2) is 0 Å². The first-order chi connectivity index (χ1) is 9.94. The van der Waals surface area contributed by atoms with Crippen molar-refractivity contribution in [3.05, 3.63) is 51.7 Å². The number of benzene rings is 1. The van der Waals surface area contributed by atoms with Gasteiger partial charge in [-0.05, 0) is 43.5 Å². The van der Waals surface area contributed by atoms with E-state index in [0.717, 1.165) is 29.2 Å². The van der Waals surface area contributed by atoms with Gasteiger partial charge >= 0.3 is 0 Å². The lowest BCUT2D eigenvalue weighted by Crippen LogP contribution is -2.41. The second-order valence-corrected chi connectivity index (χ2v) is 6.76. The van der Waals surface area contributed by atoms with E-state index in [0.29, 0.717) is 5.92 Å². The molecule has 1 aromatic heterocycles. The zero-order valence-corrected chi connectivity index (χ0v) is 13.9. The Bertz CT molecular complexity index is 594. The molecule has 114 valence electrons. The second-order valence-electron chi connectivity index (χ2n) is 5.90. The van der Waals surface area contributed by atoms with Crippen LogP contribution in [0.15, 0.2) is 29.6 Å². The van der Waals surface area contributed by atoms with E-state index in [9.17, 15) is 4.39 Å². The van der Waals surface area contributed by atoms with Crippen molar-refractivity contribution >= 4 is 11.3 Å². The number of rotatable bonds is 6. The number of nitrogens with one attached hydrogen (secondary N) is 1. The van der Waals surface area contributed by atoms with Crippen molar-refractivity contribution in [1.82, 2.24) is 10.3 Å². The summed E-state index contributed by atoms with van der Waals surface area (Å²) in [5, 5.41) is 6.71. The van der Waals surface area contributed by atoms with Gasteiger partial charge in [-0.25, -0.2) is 9.37 Å². The number of likely N-dealkylation sites (N-methyl/N-ethyl adjacent to an activating group) is 1. The number of hydrogen-bond acceptors (Lipinski definition) is 3. The lowest BCUT2D eigenvalue weighted by Gasteiger charge is -2.28. The summed E-state index contributed by atoms with van der Waals surface area (Å²) in [5.74, 6) is 0.239. The van der Waals surface area contributed by atoms with Gasteiger partial charge in [-0.2, -0.15) is 0 Å². The molecule has 1 atom stereocenters. The van der Waals surface area contributed by atoms with Crippen LogP contribution in [-0.2, 0) is 12.0 Å². The number of halogens is 1. The van der Waals surface area contributed by atoms with Gasteiger partial charge in [0.05, 0.1) is 11.2 Å². The number of aromatic nitrogens is 1. The average Bonchev–Trinajstić information content (AvgIpc) is 2.89. The van der Waals surface area contributed by atoms with Crippen molar-refractivity contribution in [3.63, 3.8) is 0 Å². The Labute approximate surface area is 130 Å². The van der Waals surface area contributed by atoms with Crippen molar-refractivity contribution in [2.45, 2.75) is 45.6 Å². The van der Waals surface area contributed by atoms with Gasteiger partial charge in [-0.15, -0.1) is 11.3 Å². The molecular weight excluding hydrogens is 283 g/mol. The minimum Gasteiger partial charge on any atom is -0.306 e. The molecule has 2 nitrogen and oxygen atoms in total. The molecule has 0 amide bonds. The monoisotopic (exact) mass is 306 g/mol. The van der Waals surface area contributed by atoms with E-state index in [-0.39, 0.29) is 11.4 Å². The van der Waals surface area contributed by atoms with Crippen LogP contribution in [-0.4, -0.2) is 11.5 Å². The minimum absolute atomic E-state index is 0.187. The van der Waals surface area contributed by atoms with Gasteiger partial charge in [0.25, 0.3) is 0 Å².